The van der Waals surface area contributed by atoms with E-state index in [0.29, 0.717) is 5.69 Å². The van der Waals surface area contributed by atoms with Crippen LogP contribution in [0.25, 0.3) is 11.3 Å². The van der Waals surface area contributed by atoms with Crippen molar-refractivity contribution in [1.82, 2.24) is 9.97 Å². The van der Waals surface area contributed by atoms with E-state index < -0.39 is 0 Å². The third-order valence-electron chi connectivity index (χ3n) is 2.46. The van der Waals surface area contributed by atoms with Crippen LogP contribution in [0, 0.1) is 6.92 Å². The van der Waals surface area contributed by atoms with Crippen LogP contribution in [0.2, 0.25) is 0 Å². The van der Waals surface area contributed by atoms with E-state index in [1.165, 1.54) is 0 Å². The number of aromatic nitrogens is 2. The van der Waals surface area contributed by atoms with Gasteiger partial charge < -0.3 is 10.5 Å². The highest BCUT2D eigenvalue weighted by Crippen LogP contribution is 2.25. The molecule has 0 aliphatic rings. The molecule has 4 nitrogen and oxygen atoms in total. The van der Waals surface area contributed by atoms with Crippen molar-refractivity contribution in [3.05, 3.63) is 36.3 Å². The highest BCUT2D eigenvalue weighted by atomic mass is 16.5. The molecule has 94 valence electrons. The molecular weight excluding hydrogens is 226 g/mol. The minimum atomic E-state index is 0.127. The first-order chi connectivity index (χ1) is 8.56. The zero-order valence-electron chi connectivity index (χ0n) is 10.8. The second kappa shape index (κ2) is 5.04. The molecule has 0 bridgehead atoms. The molecule has 0 aliphatic heterocycles. The van der Waals surface area contributed by atoms with Gasteiger partial charge in [0.1, 0.15) is 5.75 Å². The molecule has 0 saturated heterocycles. The summed E-state index contributed by atoms with van der Waals surface area (Å²) in [5, 5.41) is 0. The molecule has 2 aromatic rings. The van der Waals surface area contributed by atoms with Gasteiger partial charge in [-0.3, -0.25) is 9.97 Å². The Kier molecular flexibility index (Phi) is 3.46. The Balaban J connectivity index is 2.38. The van der Waals surface area contributed by atoms with E-state index in [0.717, 1.165) is 22.6 Å². The molecule has 0 spiro atoms. The normalized spacial score (nSPS) is 10.7. The SMILES string of the molecule is Cc1cc(N)cnc1-c1cncc(OC(C)C)c1. The predicted molar refractivity (Wildman–Crippen MR) is 72.4 cm³/mol. The Morgan fingerprint density at radius 1 is 1.17 bits per heavy atom. The number of ether oxygens (including phenoxy) is 1. The summed E-state index contributed by atoms with van der Waals surface area (Å²) in [5.74, 6) is 0.750. The minimum Gasteiger partial charge on any atom is -0.489 e. The summed E-state index contributed by atoms with van der Waals surface area (Å²) in [6, 6.07) is 3.84. The highest BCUT2D eigenvalue weighted by Gasteiger charge is 2.06. The Morgan fingerprint density at radius 2 is 1.94 bits per heavy atom. The van der Waals surface area contributed by atoms with Gasteiger partial charge in [-0.05, 0) is 38.5 Å². The van der Waals surface area contributed by atoms with Gasteiger partial charge in [-0.2, -0.15) is 0 Å². The van der Waals surface area contributed by atoms with Gasteiger partial charge in [0, 0.05) is 11.8 Å². The number of pyridine rings is 2. The van der Waals surface area contributed by atoms with Gasteiger partial charge in [-0.15, -0.1) is 0 Å². The van der Waals surface area contributed by atoms with Crippen LogP contribution in [0.3, 0.4) is 0 Å². The van der Waals surface area contributed by atoms with Gasteiger partial charge in [-0.1, -0.05) is 0 Å². The third-order valence-corrected chi connectivity index (χ3v) is 2.46. The lowest BCUT2D eigenvalue weighted by Gasteiger charge is -2.11. The van der Waals surface area contributed by atoms with Crippen molar-refractivity contribution in [3.8, 4) is 17.0 Å². The molecule has 0 aromatic carbocycles. The molecule has 2 N–H and O–H groups in total. The number of rotatable bonds is 3. The van der Waals surface area contributed by atoms with E-state index in [2.05, 4.69) is 9.97 Å². The number of aryl methyl sites for hydroxylation is 1. The van der Waals surface area contributed by atoms with Crippen molar-refractivity contribution in [2.24, 2.45) is 0 Å². The van der Waals surface area contributed by atoms with Gasteiger partial charge in [0.15, 0.2) is 0 Å². The molecule has 2 aromatic heterocycles. The van der Waals surface area contributed by atoms with Crippen LogP contribution in [0.5, 0.6) is 5.75 Å². The first-order valence-corrected chi connectivity index (χ1v) is 5.90. The van der Waals surface area contributed by atoms with E-state index >= 15 is 0 Å². The van der Waals surface area contributed by atoms with Crippen LogP contribution in [0.1, 0.15) is 19.4 Å². The van der Waals surface area contributed by atoms with Crippen molar-refractivity contribution in [2.45, 2.75) is 26.9 Å². The van der Waals surface area contributed by atoms with E-state index in [-0.39, 0.29) is 6.10 Å². The molecule has 0 radical (unpaired) electrons. The maximum absolute atomic E-state index is 5.70. The van der Waals surface area contributed by atoms with Crippen LogP contribution < -0.4 is 10.5 Å². The summed E-state index contributed by atoms with van der Waals surface area (Å²) >= 11 is 0. The van der Waals surface area contributed by atoms with Gasteiger partial charge in [0.2, 0.25) is 0 Å². The number of nitrogen functional groups attached to an aromatic ring is 1. The molecule has 2 heterocycles. The number of anilines is 1. The fourth-order valence-corrected chi connectivity index (χ4v) is 1.78. The van der Waals surface area contributed by atoms with Crippen molar-refractivity contribution in [3.63, 3.8) is 0 Å². The highest BCUT2D eigenvalue weighted by molar-refractivity contribution is 5.65. The van der Waals surface area contributed by atoms with E-state index in [1.807, 2.05) is 32.9 Å². The summed E-state index contributed by atoms with van der Waals surface area (Å²) in [6.45, 7) is 5.95. The fraction of sp³-hybridized carbons (Fsp3) is 0.286. The molecule has 0 saturated carbocycles. The van der Waals surface area contributed by atoms with Gasteiger partial charge in [0.05, 0.1) is 29.9 Å². The third kappa shape index (κ3) is 2.77. The van der Waals surface area contributed by atoms with Gasteiger partial charge >= 0.3 is 0 Å². The number of hydrogen-bond donors (Lipinski definition) is 1. The van der Waals surface area contributed by atoms with Crippen LogP contribution in [-0.2, 0) is 0 Å². The molecule has 0 aliphatic carbocycles. The Labute approximate surface area is 107 Å². The Bertz CT molecular complexity index is 552. The fourth-order valence-electron chi connectivity index (χ4n) is 1.78. The summed E-state index contributed by atoms with van der Waals surface area (Å²) < 4.78 is 5.62. The van der Waals surface area contributed by atoms with Crippen LogP contribution in [0.4, 0.5) is 5.69 Å². The standard InChI is InChI=1S/C14H17N3O/c1-9(2)18-13-5-11(6-16-8-13)14-10(3)4-12(15)7-17-14/h4-9H,15H2,1-3H3. The van der Waals surface area contributed by atoms with Crippen LogP contribution in [-0.4, -0.2) is 16.1 Å². The van der Waals surface area contributed by atoms with E-state index in [1.54, 1.807) is 18.6 Å². The Hall–Kier alpha value is -2.10. The topological polar surface area (TPSA) is 61.0 Å². The molecular formula is C14H17N3O. The van der Waals surface area contributed by atoms with Crippen molar-refractivity contribution < 1.29 is 4.74 Å². The molecule has 0 amide bonds. The summed E-state index contributed by atoms with van der Waals surface area (Å²) in [4.78, 5) is 8.53. The van der Waals surface area contributed by atoms with Crippen molar-refractivity contribution in [1.29, 1.82) is 0 Å². The lowest BCUT2D eigenvalue weighted by atomic mass is 10.1. The van der Waals surface area contributed by atoms with E-state index in [9.17, 15) is 0 Å². The quantitative estimate of drug-likeness (QED) is 0.900. The zero-order chi connectivity index (χ0) is 13.1. The van der Waals surface area contributed by atoms with Gasteiger partial charge in [-0.25, -0.2) is 0 Å². The molecule has 4 heteroatoms. The largest absolute Gasteiger partial charge is 0.489 e. The number of nitrogens with two attached hydrogens (primary N) is 1. The first kappa shape index (κ1) is 12.4. The monoisotopic (exact) mass is 243 g/mol. The van der Waals surface area contributed by atoms with Crippen LogP contribution >= 0.6 is 0 Å². The lowest BCUT2D eigenvalue weighted by Crippen LogP contribution is -2.05. The zero-order valence-corrected chi connectivity index (χ0v) is 10.8. The molecule has 0 atom stereocenters. The lowest BCUT2D eigenvalue weighted by molar-refractivity contribution is 0.241. The second-order valence-electron chi connectivity index (χ2n) is 4.51. The summed E-state index contributed by atoms with van der Waals surface area (Å²) in [5.41, 5.74) is 9.21. The second-order valence-corrected chi connectivity index (χ2v) is 4.51. The average molecular weight is 243 g/mol. The number of nitrogens with zero attached hydrogens (tertiary/aromatic N) is 2. The molecule has 2 rings (SSSR count). The minimum absolute atomic E-state index is 0.127. The van der Waals surface area contributed by atoms with E-state index in [4.69, 9.17) is 10.5 Å². The van der Waals surface area contributed by atoms with Crippen LogP contribution in [0.15, 0.2) is 30.7 Å². The maximum atomic E-state index is 5.70. The van der Waals surface area contributed by atoms with Crippen molar-refractivity contribution >= 4 is 5.69 Å². The predicted octanol–water partition coefficient (Wildman–Crippen LogP) is 2.82. The summed E-state index contributed by atoms with van der Waals surface area (Å²) in [7, 11) is 0. The van der Waals surface area contributed by atoms with Gasteiger partial charge in [0.25, 0.3) is 0 Å². The smallest absolute Gasteiger partial charge is 0.138 e. The molecule has 0 unspecified atom stereocenters. The van der Waals surface area contributed by atoms with Crippen molar-refractivity contribution in [2.75, 3.05) is 5.73 Å². The average Bonchev–Trinajstić information content (AvgIpc) is 2.28. The first-order valence-electron chi connectivity index (χ1n) is 5.90. The maximum Gasteiger partial charge on any atom is 0.138 e. The Morgan fingerprint density at radius 3 is 2.61 bits per heavy atom. The summed E-state index contributed by atoms with van der Waals surface area (Å²) in [6.07, 6.45) is 5.26. The number of hydrogen-bond acceptors (Lipinski definition) is 4. The molecule has 18 heavy (non-hydrogen) atoms. The molecule has 0 fully saturated rings.